The van der Waals surface area contributed by atoms with E-state index in [1.807, 2.05) is 12.1 Å². The predicted octanol–water partition coefficient (Wildman–Crippen LogP) is 1.20. The first-order valence-corrected chi connectivity index (χ1v) is 7.30. The van der Waals surface area contributed by atoms with Crippen molar-refractivity contribution in [3.63, 3.8) is 0 Å². The van der Waals surface area contributed by atoms with Crippen molar-refractivity contribution in [2.45, 2.75) is 6.16 Å². The number of ether oxygens (including phenoxy) is 1. The molecule has 0 bridgehead atoms. The first kappa shape index (κ1) is 12.6. The molecule has 0 unspecified atom stereocenters. The molecule has 1 aromatic carbocycles. The smallest absolute Gasteiger partial charge is 0.329 e. The van der Waals surface area contributed by atoms with Gasteiger partial charge in [0.1, 0.15) is 0 Å². The summed E-state index contributed by atoms with van der Waals surface area (Å²) in [5, 5.41) is 0. The molecule has 94 valence electrons. The summed E-state index contributed by atoms with van der Waals surface area (Å²) in [4.78, 5) is 19.9. The molecule has 1 aliphatic rings. The highest BCUT2D eigenvalue weighted by atomic mass is 31.2. The number of hydrogen-bond acceptors (Lipinski definition) is 3. The van der Waals surface area contributed by atoms with E-state index in [4.69, 9.17) is 14.5 Å². The SMILES string of the molecule is O=P(O)(O)Cc1ccc(N2CCOCC2)cc1. The molecular weight excluding hydrogens is 241 g/mol. The predicted molar refractivity (Wildman–Crippen MR) is 65.2 cm³/mol. The normalized spacial score (nSPS) is 17.2. The number of nitrogens with zero attached hydrogens (tertiary/aromatic N) is 1. The fourth-order valence-electron chi connectivity index (χ4n) is 1.87. The van der Waals surface area contributed by atoms with Crippen LogP contribution in [0, 0.1) is 0 Å². The molecule has 0 aromatic heterocycles. The Morgan fingerprint density at radius 1 is 1.18 bits per heavy atom. The number of morpholine rings is 1. The van der Waals surface area contributed by atoms with Crippen molar-refractivity contribution >= 4 is 13.3 Å². The van der Waals surface area contributed by atoms with Gasteiger partial charge in [-0.15, -0.1) is 0 Å². The molecule has 1 fully saturated rings. The van der Waals surface area contributed by atoms with Crippen LogP contribution in [0.15, 0.2) is 24.3 Å². The van der Waals surface area contributed by atoms with Crippen LogP contribution in [0.2, 0.25) is 0 Å². The average Bonchev–Trinajstić information content (AvgIpc) is 2.29. The summed E-state index contributed by atoms with van der Waals surface area (Å²) in [7, 11) is -3.97. The summed E-state index contributed by atoms with van der Waals surface area (Å²) in [5.41, 5.74) is 1.73. The van der Waals surface area contributed by atoms with Crippen LogP contribution in [0.25, 0.3) is 0 Å². The second-order valence-electron chi connectivity index (χ2n) is 4.09. The van der Waals surface area contributed by atoms with Crippen LogP contribution >= 0.6 is 7.60 Å². The Bertz CT molecular complexity index is 408. The maximum Gasteiger partial charge on any atom is 0.329 e. The molecule has 0 atom stereocenters. The fraction of sp³-hybridized carbons (Fsp3) is 0.455. The lowest BCUT2D eigenvalue weighted by molar-refractivity contribution is 0.122. The van der Waals surface area contributed by atoms with E-state index in [9.17, 15) is 4.57 Å². The van der Waals surface area contributed by atoms with E-state index >= 15 is 0 Å². The van der Waals surface area contributed by atoms with Crippen molar-refractivity contribution in [1.29, 1.82) is 0 Å². The molecule has 0 radical (unpaired) electrons. The lowest BCUT2D eigenvalue weighted by atomic mass is 10.2. The van der Waals surface area contributed by atoms with Crippen molar-refractivity contribution in [2.75, 3.05) is 31.2 Å². The molecule has 1 aliphatic heterocycles. The Morgan fingerprint density at radius 3 is 2.29 bits per heavy atom. The largest absolute Gasteiger partial charge is 0.378 e. The molecular formula is C11H16NO4P. The molecule has 0 aliphatic carbocycles. The van der Waals surface area contributed by atoms with Crippen molar-refractivity contribution < 1.29 is 19.1 Å². The highest BCUT2D eigenvalue weighted by Crippen LogP contribution is 2.39. The van der Waals surface area contributed by atoms with Crippen LogP contribution in [0.4, 0.5) is 5.69 Å². The zero-order chi connectivity index (χ0) is 12.3. The average molecular weight is 257 g/mol. The Morgan fingerprint density at radius 2 is 1.76 bits per heavy atom. The van der Waals surface area contributed by atoms with Gasteiger partial charge in [0.05, 0.1) is 19.4 Å². The third-order valence-corrected chi connectivity index (χ3v) is 3.48. The van der Waals surface area contributed by atoms with Gasteiger partial charge in [-0.2, -0.15) is 0 Å². The van der Waals surface area contributed by atoms with E-state index in [2.05, 4.69) is 4.90 Å². The van der Waals surface area contributed by atoms with Crippen molar-refractivity contribution in [3.05, 3.63) is 29.8 Å². The van der Waals surface area contributed by atoms with Gasteiger partial charge in [0, 0.05) is 18.8 Å². The van der Waals surface area contributed by atoms with Gasteiger partial charge >= 0.3 is 7.60 Å². The summed E-state index contributed by atoms with van der Waals surface area (Å²) in [5.74, 6) is 0. The third kappa shape index (κ3) is 3.82. The van der Waals surface area contributed by atoms with E-state index < -0.39 is 7.60 Å². The van der Waals surface area contributed by atoms with E-state index in [1.165, 1.54) is 0 Å². The standard InChI is InChI=1S/C11H16NO4P/c13-17(14,15)9-10-1-3-11(4-2-10)12-5-7-16-8-6-12/h1-4H,5-9H2,(H2,13,14,15). The summed E-state index contributed by atoms with van der Waals surface area (Å²) in [6.07, 6.45) is -0.198. The first-order valence-electron chi connectivity index (χ1n) is 5.51. The van der Waals surface area contributed by atoms with E-state index in [-0.39, 0.29) is 6.16 Å². The number of benzene rings is 1. The van der Waals surface area contributed by atoms with Gasteiger partial charge in [0.2, 0.25) is 0 Å². The van der Waals surface area contributed by atoms with Gasteiger partial charge < -0.3 is 19.4 Å². The van der Waals surface area contributed by atoms with Crippen LogP contribution in [-0.2, 0) is 15.5 Å². The number of hydrogen-bond donors (Lipinski definition) is 2. The second kappa shape index (κ2) is 5.19. The van der Waals surface area contributed by atoms with Crippen LogP contribution in [0.3, 0.4) is 0 Å². The third-order valence-electron chi connectivity index (χ3n) is 2.70. The molecule has 0 saturated carbocycles. The Balaban J connectivity index is 2.04. The molecule has 1 saturated heterocycles. The monoisotopic (exact) mass is 257 g/mol. The zero-order valence-electron chi connectivity index (χ0n) is 9.45. The van der Waals surface area contributed by atoms with Crippen LogP contribution in [0.5, 0.6) is 0 Å². The van der Waals surface area contributed by atoms with E-state index in [0.29, 0.717) is 5.56 Å². The van der Waals surface area contributed by atoms with E-state index in [1.54, 1.807) is 12.1 Å². The van der Waals surface area contributed by atoms with Crippen LogP contribution < -0.4 is 4.90 Å². The Hall–Kier alpha value is -0.870. The Labute approximate surface area is 100 Å². The molecule has 0 amide bonds. The number of rotatable bonds is 3. The molecule has 17 heavy (non-hydrogen) atoms. The lowest BCUT2D eigenvalue weighted by Gasteiger charge is -2.28. The van der Waals surface area contributed by atoms with Gasteiger partial charge in [-0.3, -0.25) is 4.57 Å². The summed E-state index contributed by atoms with van der Waals surface area (Å²) in [6.45, 7) is 3.17. The van der Waals surface area contributed by atoms with Crippen molar-refractivity contribution in [1.82, 2.24) is 0 Å². The van der Waals surface area contributed by atoms with Crippen molar-refractivity contribution in [3.8, 4) is 0 Å². The molecule has 6 heteroatoms. The van der Waals surface area contributed by atoms with E-state index in [0.717, 1.165) is 32.0 Å². The highest BCUT2D eigenvalue weighted by molar-refractivity contribution is 7.50. The topological polar surface area (TPSA) is 70.0 Å². The molecule has 5 nitrogen and oxygen atoms in total. The number of anilines is 1. The summed E-state index contributed by atoms with van der Waals surface area (Å²) >= 11 is 0. The van der Waals surface area contributed by atoms with Gasteiger partial charge in [-0.25, -0.2) is 0 Å². The second-order valence-corrected chi connectivity index (χ2v) is 5.73. The highest BCUT2D eigenvalue weighted by Gasteiger charge is 2.15. The lowest BCUT2D eigenvalue weighted by Crippen LogP contribution is -2.36. The molecule has 1 aromatic rings. The van der Waals surface area contributed by atoms with Gasteiger partial charge in [0.15, 0.2) is 0 Å². The molecule has 2 N–H and O–H groups in total. The van der Waals surface area contributed by atoms with Gasteiger partial charge in [0.25, 0.3) is 0 Å². The Kier molecular flexibility index (Phi) is 3.84. The minimum atomic E-state index is -3.97. The summed E-state index contributed by atoms with van der Waals surface area (Å²) < 4.78 is 16.1. The van der Waals surface area contributed by atoms with Crippen molar-refractivity contribution in [2.24, 2.45) is 0 Å². The minimum Gasteiger partial charge on any atom is -0.378 e. The van der Waals surface area contributed by atoms with Crippen LogP contribution in [-0.4, -0.2) is 36.1 Å². The summed E-state index contributed by atoms with van der Waals surface area (Å²) in [6, 6.07) is 7.33. The van der Waals surface area contributed by atoms with Gasteiger partial charge in [-0.1, -0.05) is 12.1 Å². The van der Waals surface area contributed by atoms with Gasteiger partial charge in [-0.05, 0) is 17.7 Å². The van der Waals surface area contributed by atoms with Crippen LogP contribution in [0.1, 0.15) is 5.56 Å². The minimum absolute atomic E-state index is 0.198. The fourth-order valence-corrected chi connectivity index (χ4v) is 2.56. The maximum atomic E-state index is 10.9. The maximum absolute atomic E-state index is 10.9. The molecule has 0 spiro atoms. The zero-order valence-corrected chi connectivity index (χ0v) is 10.3. The first-order chi connectivity index (χ1) is 8.04. The molecule has 1 heterocycles. The quantitative estimate of drug-likeness (QED) is 0.796. The molecule has 2 rings (SSSR count).